The molecule has 0 radical (unpaired) electrons. The molecule has 13 heavy (non-hydrogen) atoms. The van der Waals surface area contributed by atoms with Gasteiger partial charge in [0.15, 0.2) is 0 Å². The summed E-state index contributed by atoms with van der Waals surface area (Å²) in [6.45, 7) is 0. The van der Waals surface area contributed by atoms with Gasteiger partial charge in [0.05, 0.1) is 5.33 Å². The molecule has 0 unspecified atom stereocenters. The summed E-state index contributed by atoms with van der Waals surface area (Å²) in [5.74, 6) is 0.214. The number of carbonyl (C=O) groups is 1. The van der Waals surface area contributed by atoms with E-state index < -0.39 is 0 Å². The van der Waals surface area contributed by atoms with Crippen LogP contribution in [-0.4, -0.2) is 11.1 Å². The molecule has 0 aliphatic heterocycles. The van der Waals surface area contributed by atoms with Gasteiger partial charge in [-0.2, -0.15) is 0 Å². The summed E-state index contributed by atoms with van der Waals surface area (Å²) < 4.78 is 0. The number of benzene rings is 1. The number of carbonyl (C=O) groups excluding carboxylic acids is 1. The second-order valence-corrected chi connectivity index (χ2v) is 3.92. The Hall–Kier alpha value is -0.150. The Morgan fingerprint density at radius 2 is 1.62 bits per heavy atom. The Morgan fingerprint density at radius 3 is 2.08 bits per heavy atom. The molecule has 0 bridgehead atoms. The van der Waals surface area contributed by atoms with Crippen molar-refractivity contribution in [3.05, 3.63) is 35.4 Å². The molecule has 0 N–H and O–H groups in total. The van der Waals surface area contributed by atoms with Crippen molar-refractivity contribution in [2.24, 2.45) is 0 Å². The smallest absolute Gasteiger partial charge is 0.147 e. The average Bonchev–Trinajstić information content (AvgIpc) is 2.19. The number of alkyl halides is 2. The zero-order valence-corrected chi connectivity index (χ0v) is 10.3. The van der Waals surface area contributed by atoms with Crippen molar-refractivity contribution in [3.8, 4) is 0 Å². The molecule has 1 rings (SSSR count). The van der Waals surface area contributed by atoms with Crippen molar-refractivity contribution in [3.63, 3.8) is 0 Å². The van der Waals surface area contributed by atoms with Gasteiger partial charge in [-0.3, -0.25) is 4.79 Å². The van der Waals surface area contributed by atoms with E-state index in [1.807, 2.05) is 24.3 Å². The van der Waals surface area contributed by atoms with Crippen LogP contribution in [-0.2, 0) is 16.5 Å². The molecule has 0 aliphatic rings. The van der Waals surface area contributed by atoms with Gasteiger partial charge in [-0.1, -0.05) is 56.1 Å². The van der Waals surface area contributed by atoms with Crippen LogP contribution in [0.4, 0.5) is 0 Å². The summed E-state index contributed by atoms with van der Waals surface area (Å²) in [7, 11) is 0. The first-order valence-corrected chi connectivity index (χ1v) is 6.22. The molecule has 1 aromatic rings. The lowest BCUT2D eigenvalue weighted by atomic mass is 10.1. The van der Waals surface area contributed by atoms with Crippen molar-refractivity contribution in [1.82, 2.24) is 0 Å². The van der Waals surface area contributed by atoms with Gasteiger partial charge in [0.2, 0.25) is 0 Å². The third kappa shape index (κ3) is 3.61. The molecule has 1 nitrogen and oxygen atoms in total. The molecule has 0 saturated heterocycles. The van der Waals surface area contributed by atoms with Gasteiger partial charge in [0, 0.05) is 11.8 Å². The molecular weight excluding hydrogens is 296 g/mol. The van der Waals surface area contributed by atoms with E-state index in [-0.39, 0.29) is 5.78 Å². The standard InChI is InChI=1S/C10H10Br2O/c11-6-9-3-1-8(2-4-9)5-10(13)7-12/h1-4H,5-7H2. The summed E-state index contributed by atoms with van der Waals surface area (Å²) in [6.07, 6.45) is 0.522. The SMILES string of the molecule is O=C(CBr)Cc1ccc(CBr)cc1. The van der Waals surface area contributed by atoms with Gasteiger partial charge < -0.3 is 0 Å². The Bertz CT molecular complexity index is 279. The normalized spacial score (nSPS) is 10.0. The highest BCUT2D eigenvalue weighted by atomic mass is 79.9. The molecule has 0 aromatic heterocycles. The van der Waals surface area contributed by atoms with Crippen LogP contribution < -0.4 is 0 Å². The van der Waals surface area contributed by atoms with E-state index in [4.69, 9.17) is 0 Å². The lowest BCUT2D eigenvalue weighted by Gasteiger charge is -1.99. The molecule has 0 amide bonds. The molecule has 70 valence electrons. The average molecular weight is 306 g/mol. The van der Waals surface area contributed by atoms with Gasteiger partial charge in [-0.25, -0.2) is 0 Å². The fourth-order valence-corrected chi connectivity index (χ4v) is 1.59. The Kier molecular flexibility index (Phi) is 4.67. The molecule has 0 heterocycles. The number of ketones is 1. The molecule has 3 heteroatoms. The van der Waals surface area contributed by atoms with Crippen molar-refractivity contribution < 1.29 is 4.79 Å². The summed E-state index contributed by atoms with van der Waals surface area (Å²) in [5, 5.41) is 1.30. The second-order valence-electron chi connectivity index (χ2n) is 2.80. The van der Waals surface area contributed by atoms with Gasteiger partial charge in [-0.05, 0) is 11.1 Å². The molecular formula is C10H10Br2O. The predicted molar refractivity (Wildman–Crippen MR) is 61.6 cm³/mol. The van der Waals surface area contributed by atoms with Crippen LogP contribution >= 0.6 is 31.9 Å². The van der Waals surface area contributed by atoms with E-state index in [1.54, 1.807) is 0 Å². The number of rotatable bonds is 4. The number of halogens is 2. The minimum absolute atomic E-state index is 0.214. The first kappa shape index (κ1) is 10.9. The largest absolute Gasteiger partial charge is 0.298 e. The number of hydrogen-bond donors (Lipinski definition) is 0. The Balaban J connectivity index is 2.64. The maximum Gasteiger partial charge on any atom is 0.147 e. The second kappa shape index (κ2) is 5.55. The summed E-state index contributed by atoms with van der Waals surface area (Å²) in [5.41, 5.74) is 2.31. The van der Waals surface area contributed by atoms with Crippen molar-refractivity contribution >= 4 is 37.6 Å². The lowest BCUT2D eigenvalue weighted by molar-refractivity contribution is -0.115. The van der Waals surface area contributed by atoms with Crippen LogP contribution in [0.3, 0.4) is 0 Å². The molecule has 0 fully saturated rings. The molecule has 1 aromatic carbocycles. The highest BCUT2D eigenvalue weighted by Crippen LogP contribution is 2.08. The van der Waals surface area contributed by atoms with Crippen molar-refractivity contribution in [2.45, 2.75) is 11.8 Å². The number of hydrogen-bond acceptors (Lipinski definition) is 1. The van der Waals surface area contributed by atoms with E-state index in [9.17, 15) is 4.79 Å². The van der Waals surface area contributed by atoms with Gasteiger partial charge in [-0.15, -0.1) is 0 Å². The maximum absolute atomic E-state index is 11.1. The summed E-state index contributed by atoms with van der Waals surface area (Å²) >= 11 is 6.52. The van der Waals surface area contributed by atoms with E-state index in [1.165, 1.54) is 5.56 Å². The van der Waals surface area contributed by atoms with Crippen molar-refractivity contribution in [2.75, 3.05) is 5.33 Å². The van der Waals surface area contributed by atoms with Gasteiger partial charge >= 0.3 is 0 Å². The van der Waals surface area contributed by atoms with Crippen molar-refractivity contribution in [1.29, 1.82) is 0 Å². The zero-order valence-electron chi connectivity index (χ0n) is 7.09. The fourth-order valence-electron chi connectivity index (χ4n) is 1.02. The topological polar surface area (TPSA) is 17.1 Å². The third-order valence-electron chi connectivity index (χ3n) is 1.73. The Labute approximate surface area is 94.8 Å². The fraction of sp³-hybridized carbons (Fsp3) is 0.300. The zero-order chi connectivity index (χ0) is 9.68. The predicted octanol–water partition coefficient (Wildman–Crippen LogP) is 3.09. The lowest BCUT2D eigenvalue weighted by Crippen LogP contribution is -2.03. The van der Waals surface area contributed by atoms with Crippen LogP contribution in [0.25, 0.3) is 0 Å². The number of Topliss-reactive ketones (excluding diaryl/α,β-unsaturated/α-hetero) is 1. The van der Waals surface area contributed by atoms with Crippen LogP contribution in [0.1, 0.15) is 11.1 Å². The summed E-state index contributed by atoms with van der Waals surface area (Å²) in [4.78, 5) is 11.1. The van der Waals surface area contributed by atoms with E-state index in [0.717, 1.165) is 10.9 Å². The third-order valence-corrected chi connectivity index (χ3v) is 3.00. The van der Waals surface area contributed by atoms with Crippen LogP contribution in [0.2, 0.25) is 0 Å². The van der Waals surface area contributed by atoms with Gasteiger partial charge in [0.1, 0.15) is 5.78 Å². The van der Waals surface area contributed by atoms with Crippen LogP contribution in [0.5, 0.6) is 0 Å². The summed E-state index contributed by atoms with van der Waals surface area (Å²) in [6, 6.07) is 8.06. The Morgan fingerprint density at radius 1 is 1.08 bits per heavy atom. The minimum atomic E-state index is 0.214. The monoisotopic (exact) mass is 304 g/mol. The minimum Gasteiger partial charge on any atom is -0.298 e. The van der Waals surface area contributed by atoms with E-state index >= 15 is 0 Å². The molecule has 0 spiro atoms. The molecule has 0 atom stereocenters. The van der Waals surface area contributed by atoms with E-state index in [2.05, 4.69) is 31.9 Å². The van der Waals surface area contributed by atoms with Crippen LogP contribution in [0.15, 0.2) is 24.3 Å². The molecule has 0 saturated carbocycles. The highest BCUT2D eigenvalue weighted by molar-refractivity contribution is 9.09. The maximum atomic E-state index is 11.1. The molecule has 0 aliphatic carbocycles. The first-order valence-electron chi connectivity index (χ1n) is 3.97. The van der Waals surface area contributed by atoms with Gasteiger partial charge in [0.25, 0.3) is 0 Å². The van der Waals surface area contributed by atoms with E-state index in [0.29, 0.717) is 11.8 Å². The van der Waals surface area contributed by atoms with Crippen LogP contribution in [0, 0.1) is 0 Å². The highest BCUT2D eigenvalue weighted by Gasteiger charge is 2.00. The first-order chi connectivity index (χ1) is 6.26. The quantitative estimate of drug-likeness (QED) is 0.781.